The first-order valence-electron chi connectivity index (χ1n) is 9.88. The molecular formula is C21H26N2O5S. The Morgan fingerprint density at radius 1 is 1.10 bits per heavy atom. The minimum absolute atomic E-state index is 0.179. The number of thioether (sulfide) groups is 1. The summed E-state index contributed by atoms with van der Waals surface area (Å²) in [5.41, 5.74) is 1.67. The maximum absolute atomic E-state index is 12.8. The van der Waals surface area contributed by atoms with E-state index < -0.39 is 11.1 Å². The van der Waals surface area contributed by atoms with Gasteiger partial charge in [-0.05, 0) is 74.7 Å². The van der Waals surface area contributed by atoms with Gasteiger partial charge in [-0.25, -0.2) is 0 Å². The molecular weight excluding hydrogens is 392 g/mol. The Morgan fingerprint density at radius 2 is 1.72 bits per heavy atom. The fourth-order valence-electron chi connectivity index (χ4n) is 3.35. The lowest BCUT2D eigenvalue weighted by atomic mass is 10.1. The van der Waals surface area contributed by atoms with Crippen molar-refractivity contribution in [3.05, 3.63) is 28.2 Å². The van der Waals surface area contributed by atoms with E-state index in [1.165, 1.54) is 0 Å². The third kappa shape index (κ3) is 4.75. The molecule has 0 N–H and O–H groups in total. The fourth-order valence-corrected chi connectivity index (χ4v) is 4.18. The summed E-state index contributed by atoms with van der Waals surface area (Å²) in [5.74, 6) is 0.628. The molecule has 0 bridgehead atoms. The van der Waals surface area contributed by atoms with Crippen molar-refractivity contribution in [2.45, 2.75) is 33.6 Å². The van der Waals surface area contributed by atoms with E-state index in [4.69, 9.17) is 9.47 Å². The molecule has 2 aliphatic rings. The summed E-state index contributed by atoms with van der Waals surface area (Å²) < 4.78 is 11.3. The Labute approximate surface area is 175 Å². The molecule has 0 spiro atoms. The summed E-state index contributed by atoms with van der Waals surface area (Å²) >= 11 is 0.859. The first-order chi connectivity index (χ1) is 13.9. The number of hydrogen-bond acceptors (Lipinski definition) is 6. The van der Waals surface area contributed by atoms with Gasteiger partial charge < -0.3 is 14.4 Å². The Hall–Kier alpha value is -2.48. The molecule has 0 aromatic heterocycles. The number of rotatable bonds is 7. The molecule has 2 fully saturated rings. The second-order valence-electron chi connectivity index (χ2n) is 6.88. The van der Waals surface area contributed by atoms with Crippen LogP contribution in [0.4, 0.5) is 4.79 Å². The number of likely N-dealkylation sites (tertiary alicyclic amines) is 1. The van der Waals surface area contributed by atoms with Gasteiger partial charge in [0, 0.05) is 13.1 Å². The van der Waals surface area contributed by atoms with Crippen LogP contribution in [0, 0.1) is 6.92 Å². The zero-order chi connectivity index (χ0) is 21.0. The molecule has 7 nitrogen and oxygen atoms in total. The molecule has 3 rings (SSSR count). The average Bonchev–Trinajstić information content (AvgIpc) is 3.30. The van der Waals surface area contributed by atoms with E-state index >= 15 is 0 Å². The van der Waals surface area contributed by atoms with Gasteiger partial charge in [-0.1, -0.05) is 0 Å². The summed E-state index contributed by atoms with van der Waals surface area (Å²) in [4.78, 5) is 40.5. The highest BCUT2D eigenvalue weighted by Crippen LogP contribution is 2.36. The highest BCUT2D eigenvalue weighted by Gasteiger charge is 2.37. The zero-order valence-electron chi connectivity index (χ0n) is 17.0. The molecule has 2 aliphatic heterocycles. The van der Waals surface area contributed by atoms with E-state index in [0.29, 0.717) is 42.7 Å². The van der Waals surface area contributed by atoms with Crippen LogP contribution < -0.4 is 9.47 Å². The molecule has 0 unspecified atom stereocenters. The number of benzene rings is 1. The van der Waals surface area contributed by atoms with Gasteiger partial charge in [0.15, 0.2) is 11.5 Å². The summed E-state index contributed by atoms with van der Waals surface area (Å²) in [7, 11) is 0. The molecule has 0 radical (unpaired) electrons. The molecule has 2 heterocycles. The van der Waals surface area contributed by atoms with Crippen molar-refractivity contribution in [2.24, 2.45) is 0 Å². The molecule has 8 heteroatoms. The third-order valence-electron chi connectivity index (χ3n) is 4.84. The largest absolute Gasteiger partial charge is 0.490 e. The quantitative estimate of drug-likeness (QED) is 0.632. The number of hydrogen-bond donors (Lipinski definition) is 0. The van der Waals surface area contributed by atoms with Gasteiger partial charge in [-0.2, -0.15) is 0 Å². The SMILES string of the molecule is CCOc1cc(C)c(C=C2SC(=O)N(CC(=O)N3CCCC3)C2=O)cc1OCC. The van der Waals surface area contributed by atoms with Crippen molar-refractivity contribution in [1.29, 1.82) is 0 Å². The van der Waals surface area contributed by atoms with Crippen LogP contribution in [-0.4, -0.2) is 59.7 Å². The predicted molar refractivity (Wildman–Crippen MR) is 112 cm³/mol. The first kappa shape index (κ1) is 21.2. The Balaban J connectivity index is 1.81. The zero-order valence-corrected chi connectivity index (χ0v) is 17.8. The lowest BCUT2D eigenvalue weighted by molar-refractivity contribution is -0.135. The summed E-state index contributed by atoms with van der Waals surface area (Å²) in [5, 5.41) is -0.414. The first-order valence-corrected chi connectivity index (χ1v) is 10.7. The van der Waals surface area contributed by atoms with Crippen LogP contribution in [0.25, 0.3) is 6.08 Å². The van der Waals surface area contributed by atoms with Crippen molar-refractivity contribution in [1.82, 2.24) is 9.80 Å². The normalized spacial score (nSPS) is 18.1. The van der Waals surface area contributed by atoms with Crippen LogP contribution in [0.1, 0.15) is 37.8 Å². The summed E-state index contributed by atoms with van der Waals surface area (Å²) in [6.45, 7) is 7.88. The monoisotopic (exact) mass is 418 g/mol. The number of carbonyl (C=O) groups is 3. The predicted octanol–water partition coefficient (Wildman–Crippen LogP) is 3.45. The second kappa shape index (κ2) is 9.35. The molecule has 29 heavy (non-hydrogen) atoms. The average molecular weight is 419 g/mol. The molecule has 156 valence electrons. The van der Waals surface area contributed by atoms with Crippen LogP contribution in [0.5, 0.6) is 11.5 Å². The second-order valence-corrected chi connectivity index (χ2v) is 7.87. The minimum atomic E-state index is -0.432. The summed E-state index contributed by atoms with van der Waals surface area (Å²) in [6, 6.07) is 3.68. The molecule has 1 aromatic carbocycles. The fraction of sp³-hybridized carbons (Fsp3) is 0.476. The molecule has 0 saturated carbocycles. The lowest BCUT2D eigenvalue weighted by Crippen LogP contribution is -2.40. The van der Waals surface area contributed by atoms with Crippen LogP contribution >= 0.6 is 11.8 Å². The Kier molecular flexibility index (Phi) is 6.84. The molecule has 0 aliphatic carbocycles. The third-order valence-corrected chi connectivity index (χ3v) is 5.75. The van der Waals surface area contributed by atoms with E-state index in [9.17, 15) is 14.4 Å². The lowest BCUT2D eigenvalue weighted by Gasteiger charge is -2.18. The van der Waals surface area contributed by atoms with Gasteiger partial charge in [0.2, 0.25) is 5.91 Å². The van der Waals surface area contributed by atoms with E-state index in [0.717, 1.165) is 40.6 Å². The van der Waals surface area contributed by atoms with E-state index in [2.05, 4.69) is 0 Å². The number of aryl methyl sites for hydroxylation is 1. The molecule has 1 aromatic rings. The standard InChI is InChI=1S/C21H26N2O5S/c1-4-27-16-10-14(3)15(11-17(16)28-5-2)12-18-20(25)23(21(26)29-18)13-19(24)22-8-6-7-9-22/h10-12H,4-9,13H2,1-3H3. The van der Waals surface area contributed by atoms with Gasteiger partial charge in [-0.15, -0.1) is 0 Å². The van der Waals surface area contributed by atoms with Crippen molar-refractivity contribution >= 4 is 34.9 Å². The van der Waals surface area contributed by atoms with E-state index in [1.807, 2.05) is 32.9 Å². The maximum atomic E-state index is 12.8. The van der Waals surface area contributed by atoms with Gasteiger partial charge in [0.25, 0.3) is 11.1 Å². The van der Waals surface area contributed by atoms with Gasteiger partial charge >= 0.3 is 0 Å². The van der Waals surface area contributed by atoms with E-state index in [-0.39, 0.29) is 12.5 Å². The number of ether oxygens (including phenoxy) is 2. The molecule has 3 amide bonds. The smallest absolute Gasteiger partial charge is 0.294 e. The minimum Gasteiger partial charge on any atom is -0.490 e. The van der Waals surface area contributed by atoms with E-state index in [1.54, 1.807) is 11.0 Å². The topological polar surface area (TPSA) is 76.2 Å². The van der Waals surface area contributed by atoms with Crippen molar-refractivity contribution in [3.8, 4) is 11.5 Å². The van der Waals surface area contributed by atoms with Crippen molar-refractivity contribution in [3.63, 3.8) is 0 Å². The van der Waals surface area contributed by atoms with Gasteiger partial charge in [-0.3, -0.25) is 19.3 Å². The summed E-state index contributed by atoms with van der Waals surface area (Å²) in [6.07, 6.45) is 3.61. The maximum Gasteiger partial charge on any atom is 0.294 e. The Bertz CT molecular complexity index is 846. The van der Waals surface area contributed by atoms with Gasteiger partial charge in [0.1, 0.15) is 6.54 Å². The van der Waals surface area contributed by atoms with Crippen LogP contribution in [0.15, 0.2) is 17.0 Å². The van der Waals surface area contributed by atoms with Crippen molar-refractivity contribution in [2.75, 3.05) is 32.8 Å². The Morgan fingerprint density at radius 3 is 2.34 bits per heavy atom. The van der Waals surface area contributed by atoms with Crippen LogP contribution in [-0.2, 0) is 9.59 Å². The van der Waals surface area contributed by atoms with Crippen molar-refractivity contribution < 1.29 is 23.9 Å². The van der Waals surface area contributed by atoms with Crippen LogP contribution in [0.2, 0.25) is 0 Å². The number of amides is 3. The van der Waals surface area contributed by atoms with Crippen LogP contribution in [0.3, 0.4) is 0 Å². The van der Waals surface area contributed by atoms with Gasteiger partial charge in [0.05, 0.1) is 18.1 Å². The highest BCUT2D eigenvalue weighted by molar-refractivity contribution is 8.18. The number of imide groups is 1. The highest BCUT2D eigenvalue weighted by atomic mass is 32.2. The number of carbonyl (C=O) groups excluding carboxylic acids is 3. The number of nitrogens with zero attached hydrogens (tertiary/aromatic N) is 2. The molecule has 2 saturated heterocycles. The molecule has 0 atom stereocenters.